The van der Waals surface area contributed by atoms with Crippen molar-refractivity contribution in [3.63, 3.8) is 0 Å². The minimum absolute atomic E-state index is 0.851. The van der Waals surface area contributed by atoms with Crippen molar-refractivity contribution < 1.29 is 4.74 Å². The van der Waals surface area contributed by atoms with Crippen LogP contribution in [0.2, 0.25) is 0 Å². The quantitative estimate of drug-likeness (QED) is 0.877. The molecule has 0 bridgehead atoms. The first-order chi connectivity index (χ1) is 9.31. The van der Waals surface area contributed by atoms with E-state index in [1.165, 1.54) is 43.6 Å². The highest BCUT2D eigenvalue weighted by molar-refractivity contribution is 5.39. The van der Waals surface area contributed by atoms with Crippen LogP contribution in [0.4, 0.5) is 0 Å². The summed E-state index contributed by atoms with van der Waals surface area (Å²) in [5.41, 5.74) is 2.79. The molecule has 1 saturated heterocycles. The molecule has 1 unspecified atom stereocenters. The molecule has 2 aliphatic rings. The molecular formula is C16H24N2O. The fourth-order valence-electron chi connectivity index (χ4n) is 3.09. The first-order valence-electron chi connectivity index (χ1n) is 7.45. The standard InChI is InChI=1S/C16H24N2O/c1-18(8-5-13-4-7-17-11-13)12-14-2-3-16-15(10-14)6-9-19-16/h2-3,10,13,17H,4-9,11-12H2,1H3. The summed E-state index contributed by atoms with van der Waals surface area (Å²) in [4.78, 5) is 2.44. The van der Waals surface area contributed by atoms with Gasteiger partial charge in [-0.25, -0.2) is 0 Å². The summed E-state index contributed by atoms with van der Waals surface area (Å²) in [6.07, 6.45) is 3.74. The predicted octanol–water partition coefficient (Wildman–Crippen LogP) is 2.05. The van der Waals surface area contributed by atoms with Crippen molar-refractivity contribution in [3.05, 3.63) is 29.3 Å². The van der Waals surface area contributed by atoms with E-state index in [4.69, 9.17) is 4.74 Å². The van der Waals surface area contributed by atoms with E-state index in [-0.39, 0.29) is 0 Å². The maximum Gasteiger partial charge on any atom is 0.122 e. The summed E-state index contributed by atoms with van der Waals surface area (Å²) in [7, 11) is 2.23. The van der Waals surface area contributed by atoms with Gasteiger partial charge in [0.25, 0.3) is 0 Å². The molecule has 2 aliphatic heterocycles. The van der Waals surface area contributed by atoms with Crippen LogP contribution in [0.25, 0.3) is 0 Å². The second kappa shape index (κ2) is 5.93. The lowest BCUT2D eigenvalue weighted by Gasteiger charge is -2.19. The second-order valence-corrected chi connectivity index (χ2v) is 5.93. The van der Waals surface area contributed by atoms with Gasteiger partial charge in [-0.05, 0) is 62.6 Å². The number of benzene rings is 1. The zero-order valence-corrected chi connectivity index (χ0v) is 11.8. The van der Waals surface area contributed by atoms with Gasteiger partial charge in [-0.15, -0.1) is 0 Å². The van der Waals surface area contributed by atoms with E-state index in [9.17, 15) is 0 Å². The Morgan fingerprint density at radius 3 is 3.21 bits per heavy atom. The fourth-order valence-corrected chi connectivity index (χ4v) is 3.09. The molecule has 3 rings (SSSR count). The summed E-state index contributed by atoms with van der Waals surface area (Å²) >= 11 is 0. The van der Waals surface area contributed by atoms with Gasteiger partial charge in [-0.1, -0.05) is 12.1 Å². The number of nitrogens with zero attached hydrogens (tertiary/aromatic N) is 1. The van der Waals surface area contributed by atoms with E-state index < -0.39 is 0 Å². The van der Waals surface area contributed by atoms with Crippen LogP contribution in [-0.2, 0) is 13.0 Å². The Morgan fingerprint density at radius 1 is 1.42 bits per heavy atom. The number of fused-ring (bicyclic) bond motifs is 1. The molecule has 104 valence electrons. The molecule has 0 radical (unpaired) electrons. The largest absolute Gasteiger partial charge is 0.493 e. The van der Waals surface area contributed by atoms with Gasteiger partial charge in [0.1, 0.15) is 5.75 Å². The molecule has 1 atom stereocenters. The lowest BCUT2D eigenvalue weighted by atomic mass is 10.0. The van der Waals surface area contributed by atoms with Crippen LogP contribution in [0.15, 0.2) is 18.2 Å². The van der Waals surface area contributed by atoms with Gasteiger partial charge in [-0.2, -0.15) is 0 Å². The molecule has 1 fully saturated rings. The zero-order valence-electron chi connectivity index (χ0n) is 11.8. The fraction of sp³-hybridized carbons (Fsp3) is 0.625. The topological polar surface area (TPSA) is 24.5 Å². The molecule has 3 heteroatoms. The highest BCUT2D eigenvalue weighted by Gasteiger charge is 2.15. The Hall–Kier alpha value is -1.06. The third-order valence-electron chi connectivity index (χ3n) is 4.29. The number of hydrogen-bond acceptors (Lipinski definition) is 3. The van der Waals surface area contributed by atoms with Gasteiger partial charge >= 0.3 is 0 Å². The number of rotatable bonds is 5. The predicted molar refractivity (Wildman–Crippen MR) is 77.6 cm³/mol. The molecule has 0 amide bonds. The number of hydrogen-bond donors (Lipinski definition) is 1. The van der Waals surface area contributed by atoms with Crippen LogP contribution in [0.5, 0.6) is 5.75 Å². The van der Waals surface area contributed by atoms with Crippen molar-refractivity contribution in [2.75, 3.05) is 33.3 Å². The Kier molecular flexibility index (Phi) is 4.04. The number of ether oxygens (including phenoxy) is 1. The summed E-state index contributed by atoms with van der Waals surface area (Å²) in [5, 5.41) is 3.44. The lowest BCUT2D eigenvalue weighted by Crippen LogP contribution is -2.22. The first kappa shape index (κ1) is 12.9. The highest BCUT2D eigenvalue weighted by atomic mass is 16.5. The molecule has 2 heterocycles. The molecule has 0 aromatic heterocycles. The highest BCUT2D eigenvalue weighted by Crippen LogP contribution is 2.26. The van der Waals surface area contributed by atoms with Gasteiger partial charge in [0.05, 0.1) is 6.61 Å². The van der Waals surface area contributed by atoms with E-state index in [0.717, 1.165) is 31.2 Å². The maximum absolute atomic E-state index is 5.55. The molecule has 0 spiro atoms. The SMILES string of the molecule is CN(CCC1CCNC1)Cc1ccc2c(c1)CCO2. The van der Waals surface area contributed by atoms with E-state index >= 15 is 0 Å². The monoisotopic (exact) mass is 260 g/mol. The van der Waals surface area contributed by atoms with Crippen LogP contribution in [0.1, 0.15) is 24.0 Å². The van der Waals surface area contributed by atoms with E-state index in [2.05, 4.69) is 35.5 Å². The summed E-state index contributed by atoms with van der Waals surface area (Å²) in [5.74, 6) is 1.97. The summed E-state index contributed by atoms with van der Waals surface area (Å²) < 4.78 is 5.55. The van der Waals surface area contributed by atoms with Crippen LogP contribution >= 0.6 is 0 Å². The average Bonchev–Trinajstić information content (AvgIpc) is 3.07. The average molecular weight is 260 g/mol. The van der Waals surface area contributed by atoms with Crippen LogP contribution in [-0.4, -0.2) is 38.2 Å². The Balaban J connectivity index is 1.49. The summed E-state index contributed by atoms with van der Waals surface area (Å²) in [6.45, 7) is 5.51. The van der Waals surface area contributed by atoms with E-state index in [1.54, 1.807) is 0 Å². The molecule has 0 saturated carbocycles. The first-order valence-corrected chi connectivity index (χ1v) is 7.45. The van der Waals surface area contributed by atoms with Crippen molar-refractivity contribution in [2.45, 2.75) is 25.8 Å². The molecule has 1 aromatic carbocycles. The van der Waals surface area contributed by atoms with Crippen LogP contribution in [0, 0.1) is 5.92 Å². The van der Waals surface area contributed by atoms with Crippen molar-refractivity contribution in [1.82, 2.24) is 10.2 Å². The minimum Gasteiger partial charge on any atom is -0.493 e. The van der Waals surface area contributed by atoms with Gasteiger partial charge in [0.15, 0.2) is 0 Å². The van der Waals surface area contributed by atoms with Crippen molar-refractivity contribution in [2.24, 2.45) is 5.92 Å². The molecule has 3 nitrogen and oxygen atoms in total. The molecule has 19 heavy (non-hydrogen) atoms. The summed E-state index contributed by atoms with van der Waals surface area (Å²) in [6, 6.07) is 6.65. The normalized spacial score (nSPS) is 21.7. The minimum atomic E-state index is 0.851. The van der Waals surface area contributed by atoms with Crippen LogP contribution < -0.4 is 10.1 Å². The van der Waals surface area contributed by atoms with E-state index in [1.807, 2.05) is 0 Å². The molecule has 1 aromatic rings. The molecular weight excluding hydrogens is 236 g/mol. The second-order valence-electron chi connectivity index (χ2n) is 5.93. The van der Waals surface area contributed by atoms with Gasteiger partial charge in [0, 0.05) is 13.0 Å². The Bertz CT molecular complexity index is 427. The van der Waals surface area contributed by atoms with Crippen LogP contribution in [0.3, 0.4) is 0 Å². The smallest absolute Gasteiger partial charge is 0.122 e. The molecule has 0 aliphatic carbocycles. The van der Waals surface area contributed by atoms with Crippen molar-refractivity contribution >= 4 is 0 Å². The zero-order chi connectivity index (χ0) is 13.1. The Labute approximate surface area is 115 Å². The lowest BCUT2D eigenvalue weighted by molar-refractivity contribution is 0.298. The maximum atomic E-state index is 5.55. The van der Waals surface area contributed by atoms with E-state index in [0.29, 0.717) is 0 Å². The third-order valence-corrected chi connectivity index (χ3v) is 4.29. The van der Waals surface area contributed by atoms with Gasteiger partial charge in [-0.3, -0.25) is 0 Å². The van der Waals surface area contributed by atoms with Crippen molar-refractivity contribution in [3.8, 4) is 5.75 Å². The number of nitrogens with one attached hydrogen (secondary N) is 1. The van der Waals surface area contributed by atoms with Gasteiger partial charge in [0.2, 0.25) is 0 Å². The van der Waals surface area contributed by atoms with Gasteiger partial charge < -0.3 is 15.0 Å². The Morgan fingerprint density at radius 2 is 2.37 bits per heavy atom. The third kappa shape index (κ3) is 3.28. The molecule has 1 N–H and O–H groups in total. The van der Waals surface area contributed by atoms with Crippen molar-refractivity contribution in [1.29, 1.82) is 0 Å².